The minimum atomic E-state index is -0.349. The van der Waals surface area contributed by atoms with Crippen LogP contribution in [0.25, 0.3) is 0 Å². The summed E-state index contributed by atoms with van der Waals surface area (Å²) >= 11 is 3.41. The molecule has 118 valence electrons. The van der Waals surface area contributed by atoms with Gasteiger partial charge >= 0.3 is 0 Å². The number of nitrogens with zero attached hydrogens (tertiary/aromatic N) is 1. The fourth-order valence-corrected chi connectivity index (χ4v) is 2.75. The molecule has 21 heavy (non-hydrogen) atoms. The lowest BCUT2D eigenvalue weighted by atomic mass is 9.87. The molecule has 0 spiro atoms. The highest BCUT2D eigenvalue weighted by Crippen LogP contribution is 2.32. The Bertz CT molecular complexity index is 501. The average Bonchev–Trinajstić information content (AvgIpc) is 2.39. The van der Waals surface area contributed by atoms with Crippen molar-refractivity contribution in [3.05, 3.63) is 32.3 Å². The SMILES string of the molecule is CCCCCC(C)(C)CNc1cc(C)c([N+](=O)[O-])cc1Br. The molecule has 0 heterocycles. The Kier molecular flexibility index (Phi) is 6.65. The minimum Gasteiger partial charge on any atom is -0.384 e. The summed E-state index contributed by atoms with van der Waals surface area (Å²) in [6, 6.07) is 3.41. The molecule has 1 N–H and O–H groups in total. The second kappa shape index (κ2) is 7.78. The van der Waals surface area contributed by atoms with Crippen molar-refractivity contribution in [2.45, 2.75) is 53.4 Å². The molecule has 1 aromatic rings. The molecule has 5 heteroatoms. The number of nitro groups is 1. The van der Waals surface area contributed by atoms with Crippen LogP contribution in [0.4, 0.5) is 11.4 Å². The van der Waals surface area contributed by atoms with Gasteiger partial charge in [-0.2, -0.15) is 0 Å². The highest BCUT2D eigenvalue weighted by molar-refractivity contribution is 9.10. The summed E-state index contributed by atoms with van der Waals surface area (Å²) in [7, 11) is 0. The lowest BCUT2D eigenvalue weighted by molar-refractivity contribution is -0.385. The molecule has 0 atom stereocenters. The fraction of sp³-hybridized carbons (Fsp3) is 0.625. The van der Waals surface area contributed by atoms with Gasteiger partial charge in [0, 0.05) is 28.3 Å². The molecule has 1 rings (SSSR count). The van der Waals surface area contributed by atoms with E-state index in [1.54, 1.807) is 13.0 Å². The number of hydrogen-bond acceptors (Lipinski definition) is 3. The van der Waals surface area contributed by atoms with Crippen molar-refractivity contribution in [2.75, 3.05) is 11.9 Å². The van der Waals surface area contributed by atoms with Crippen LogP contribution in [0.2, 0.25) is 0 Å². The van der Waals surface area contributed by atoms with Gasteiger partial charge in [0.05, 0.1) is 4.92 Å². The zero-order valence-electron chi connectivity index (χ0n) is 13.3. The molecule has 0 saturated carbocycles. The molecule has 4 nitrogen and oxygen atoms in total. The summed E-state index contributed by atoms with van der Waals surface area (Å²) in [5.74, 6) is 0. The van der Waals surface area contributed by atoms with Gasteiger partial charge in [-0.25, -0.2) is 0 Å². The van der Waals surface area contributed by atoms with Gasteiger partial charge in [-0.1, -0.05) is 40.0 Å². The molecular weight excluding hydrogens is 332 g/mol. The summed E-state index contributed by atoms with van der Waals surface area (Å²) in [5.41, 5.74) is 1.95. The third kappa shape index (κ3) is 5.65. The fourth-order valence-electron chi connectivity index (χ4n) is 2.28. The summed E-state index contributed by atoms with van der Waals surface area (Å²) in [4.78, 5) is 10.6. The Morgan fingerprint density at radius 1 is 1.33 bits per heavy atom. The third-order valence-electron chi connectivity index (χ3n) is 3.70. The van der Waals surface area contributed by atoms with Gasteiger partial charge < -0.3 is 5.32 Å². The van der Waals surface area contributed by atoms with E-state index in [9.17, 15) is 10.1 Å². The maximum atomic E-state index is 10.9. The number of unbranched alkanes of at least 4 members (excludes halogenated alkanes) is 2. The number of hydrogen-bond donors (Lipinski definition) is 1. The van der Waals surface area contributed by atoms with Gasteiger partial charge in [-0.3, -0.25) is 10.1 Å². The van der Waals surface area contributed by atoms with Gasteiger partial charge in [0.25, 0.3) is 5.69 Å². The number of aryl methyl sites for hydroxylation is 1. The molecule has 0 amide bonds. The van der Waals surface area contributed by atoms with Crippen LogP contribution in [0.3, 0.4) is 0 Å². The lowest BCUT2D eigenvalue weighted by Crippen LogP contribution is -2.23. The van der Waals surface area contributed by atoms with Gasteiger partial charge in [-0.15, -0.1) is 0 Å². The molecule has 0 unspecified atom stereocenters. The Morgan fingerprint density at radius 3 is 2.57 bits per heavy atom. The number of halogens is 1. The van der Waals surface area contributed by atoms with Crippen LogP contribution < -0.4 is 5.32 Å². The first-order valence-electron chi connectivity index (χ1n) is 7.45. The Balaban J connectivity index is 2.71. The molecule has 0 saturated heterocycles. The topological polar surface area (TPSA) is 55.2 Å². The lowest BCUT2D eigenvalue weighted by Gasteiger charge is -2.26. The summed E-state index contributed by atoms with van der Waals surface area (Å²) in [6.07, 6.45) is 4.92. The third-order valence-corrected chi connectivity index (χ3v) is 4.35. The van der Waals surface area contributed by atoms with E-state index in [-0.39, 0.29) is 16.0 Å². The van der Waals surface area contributed by atoms with Crippen molar-refractivity contribution >= 4 is 27.3 Å². The van der Waals surface area contributed by atoms with Crippen molar-refractivity contribution < 1.29 is 4.92 Å². The van der Waals surface area contributed by atoms with E-state index in [1.807, 2.05) is 6.07 Å². The van der Waals surface area contributed by atoms with E-state index in [0.717, 1.165) is 16.7 Å². The highest BCUT2D eigenvalue weighted by Gasteiger charge is 2.19. The standard InChI is InChI=1S/C16H25BrN2O2/c1-5-6-7-8-16(3,4)11-18-14-9-12(2)15(19(20)21)10-13(14)17/h9-10,18H,5-8,11H2,1-4H3. The first-order chi connectivity index (χ1) is 9.76. The maximum Gasteiger partial charge on any atom is 0.273 e. The second-order valence-electron chi connectivity index (χ2n) is 6.35. The molecule has 1 aromatic carbocycles. The van der Waals surface area contributed by atoms with Crippen molar-refractivity contribution in [1.29, 1.82) is 0 Å². The number of nitrogens with one attached hydrogen (secondary N) is 1. The van der Waals surface area contributed by atoms with Crippen LogP contribution in [0.1, 0.15) is 52.0 Å². The zero-order valence-corrected chi connectivity index (χ0v) is 14.9. The molecule has 0 aliphatic carbocycles. The van der Waals surface area contributed by atoms with E-state index < -0.39 is 0 Å². The van der Waals surface area contributed by atoms with E-state index in [4.69, 9.17) is 0 Å². The van der Waals surface area contributed by atoms with Crippen LogP contribution in [0, 0.1) is 22.5 Å². The first kappa shape index (κ1) is 18.0. The highest BCUT2D eigenvalue weighted by atomic mass is 79.9. The van der Waals surface area contributed by atoms with Crippen LogP contribution in [-0.4, -0.2) is 11.5 Å². The zero-order chi connectivity index (χ0) is 16.0. The van der Waals surface area contributed by atoms with Crippen LogP contribution in [0.5, 0.6) is 0 Å². The molecule has 0 aliphatic rings. The molecule has 0 aliphatic heterocycles. The smallest absolute Gasteiger partial charge is 0.273 e. The Hall–Kier alpha value is -1.10. The van der Waals surface area contributed by atoms with Crippen molar-refractivity contribution in [1.82, 2.24) is 0 Å². The van der Waals surface area contributed by atoms with E-state index in [2.05, 4.69) is 42.0 Å². The van der Waals surface area contributed by atoms with Crippen LogP contribution in [0.15, 0.2) is 16.6 Å². The van der Waals surface area contributed by atoms with E-state index in [0.29, 0.717) is 5.56 Å². The Morgan fingerprint density at radius 2 is 2.00 bits per heavy atom. The molecule has 0 fully saturated rings. The summed E-state index contributed by atoms with van der Waals surface area (Å²) in [6.45, 7) is 9.33. The van der Waals surface area contributed by atoms with Gasteiger partial charge in [0.15, 0.2) is 0 Å². The van der Waals surface area contributed by atoms with Gasteiger partial charge in [0.1, 0.15) is 0 Å². The average molecular weight is 357 g/mol. The van der Waals surface area contributed by atoms with Gasteiger partial charge in [0.2, 0.25) is 0 Å². The number of rotatable bonds is 8. The van der Waals surface area contributed by atoms with Crippen molar-refractivity contribution in [3.63, 3.8) is 0 Å². The number of anilines is 1. The minimum absolute atomic E-state index is 0.148. The summed E-state index contributed by atoms with van der Waals surface area (Å²) in [5, 5.41) is 14.3. The molecule has 0 radical (unpaired) electrons. The van der Waals surface area contributed by atoms with Crippen molar-refractivity contribution in [2.24, 2.45) is 5.41 Å². The second-order valence-corrected chi connectivity index (χ2v) is 7.20. The van der Waals surface area contributed by atoms with Crippen LogP contribution >= 0.6 is 15.9 Å². The van der Waals surface area contributed by atoms with Crippen LogP contribution in [-0.2, 0) is 0 Å². The first-order valence-corrected chi connectivity index (χ1v) is 8.24. The molecule has 0 aromatic heterocycles. The quantitative estimate of drug-likeness (QED) is 0.370. The monoisotopic (exact) mass is 356 g/mol. The number of nitro benzene ring substituents is 1. The molecular formula is C16H25BrN2O2. The predicted octanol–water partition coefficient (Wildman–Crippen LogP) is 5.68. The normalized spacial score (nSPS) is 11.5. The largest absolute Gasteiger partial charge is 0.384 e. The van der Waals surface area contributed by atoms with Gasteiger partial charge in [-0.05, 0) is 40.8 Å². The van der Waals surface area contributed by atoms with Crippen molar-refractivity contribution in [3.8, 4) is 0 Å². The molecule has 0 bridgehead atoms. The maximum absolute atomic E-state index is 10.9. The predicted molar refractivity (Wildman–Crippen MR) is 91.9 cm³/mol. The Labute approximate surface area is 135 Å². The van der Waals surface area contributed by atoms with E-state index in [1.165, 1.54) is 25.7 Å². The number of benzene rings is 1. The van der Waals surface area contributed by atoms with E-state index >= 15 is 0 Å². The summed E-state index contributed by atoms with van der Waals surface area (Å²) < 4.78 is 0.740.